The molecule has 0 spiro atoms. The third-order valence-electron chi connectivity index (χ3n) is 4.72. The highest BCUT2D eigenvalue weighted by Gasteiger charge is 2.22. The van der Waals surface area contributed by atoms with Crippen molar-refractivity contribution in [1.29, 1.82) is 0 Å². The number of aryl methyl sites for hydroxylation is 2. The van der Waals surface area contributed by atoms with Gasteiger partial charge in [-0.2, -0.15) is 0 Å². The summed E-state index contributed by atoms with van der Waals surface area (Å²) in [6.07, 6.45) is 2.12. The maximum atomic E-state index is 12.6. The van der Waals surface area contributed by atoms with Gasteiger partial charge < -0.3 is 14.5 Å². The summed E-state index contributed by atoms with van der Waals surface area (Å²) in [7, 11) is 1.32. The van der Waals surface area contributed by atoms with Gasteiger partial charge in [0.1, 0.15) is 11.6 Å². The lowest BCUT2D eigenvalue weighted by molar-refractivity contribution is -0.145. The van der Waals surface area contributed by atoms with Crippen LogP contribution in [-0.2, 0) is 27.2 Å². The third-order valence-corrected chi connectivity index (χ3v) is 4.72. The Morgan fingerprint density at radius 1 is 1.11 bits per heavy atom. The lowest BCUT2D eigenvalue weighted by Gasteiger charge is -2.16. The van der Waals surface area contributed by atoms with Crippen LogP contribution >= 0.6 is 0 Å². The van der Waals surface area contributed by atoms with E-state index in [1.54, 1.807) is 6.26 Å². The number of carbonyl (C=O) groups is 2. The van der Waals surface area contributed by atoms with Gasteiger partial charge in [-0.05, 0) is 42.7 Å². The first-order valence-electron chi connectivity index (χ1n) is 8.86. The van der Waals surface area contributed by atoms with E-state index in [1.807, 2.05) is 56.3 Å². The lowest BCUT2D eigenvalue weighted by Crippen LogP contribution is -2.43. The number of hydrogen-bond acceptors (Lipinski definition) is 4. The van der Waals surface area contributed by atoms with Crippen molar-refractivity contribution in [3.8, 4) is 0 Å². The van der Waals surface area contributed by atoms with Crippen molar-refractivity contribution in [3.63, 3.8) is 0 Å². The molecule has 1 heterocycles. The van der Waals surface area contributed by atoms with Crippen molar-refractivity contribution in [2.45, 2.75) is 32.7 Å². The van der Waals surface area contributed by atoms with Crippen molar-refractivity contribution in [3.05, 3.63) is 71.0 Å². The van der Waals surface area contributed by atoms with Crippen molar-refractivity contribution >= 4 is 22.8 Å². The second-order valence-corrected chi connectivity index (χ2v) is 6.70. The molecule has 0 aliphatic heterocycles. The molecule has 1 aromatic heterocycles. The van der Waals surface area contributed by atoms with E-state index in [-0.39, 0.29) is 12.3 Å². The molecule has 5 heteroatoms. The number of carbonyl (C=O) groups excluding carboxylic acids is 2. The quantitative estimate of drug-likeness (QED) is 0.679. The number of esters is 1. The van der Waals surface area contributed by atoms with Crippen LogP contribution in [0.2, 0.25) is 0 Å². The summed E-state index contributed by atoms with van der Waals surface area (Å²) in [6.45, 7) is 4.05. The molecule has 0 fully saturated rings. The summed E-state index contributed by atoms with van der Waals surface area (Å²) < 4.78 is 10.4. The molecule has 3 aromatic rings. The molecule has 0 bridgehead atoms. The highest BCUT2D eigenvalue weighted by Crippen LogP contribution is 2.25. The van der Waals surface area contributed by atoms with E-state index in [9.17, 15) is 9.59 Å². The molecule has 140 valence electrons. The van der Waals surface area contributed by atoms with Gasteiger partial charge in [0.2, 0.25) is 5.91 Å². The number of benzene rings is 2. The first kappa shape index (κ1) is 18.7. The number of amides is 1. The zero-order chi connectivity index (χ0) is 19.4. The van der Waals surface area contributed by atoms with Gasteiger partial charge in [-0.15, -0.1) is 0 Å². The van der Waals surface area contributed by atoms with E-state index >= 15 is 0 Å². The van der Waals surface area contributed by atoms with Crippen LogP contribution < -0.4 is 5.32 Å². The van der Waals surface area contributed by atoms with Crippen molar-refractivity contribution in [2.75, 3.05) is 7.11 Å². The SMILES string of the molecule is COC(=O)[C@@H](Cc1ccccc1)NC(=O)Cc1coc2cc(C)c(C)cc12. The van der Waals surface area contributed by atoms with E-state index in [0.29, 0.717) is 6.42 Å². The molecule has 0 radical (unpaired) electrons. The molecule has 0 saturated heterocycles. The smallest absolute Gasteiger partial charge is 0.328 e. The Morgan fingerprint density at radius 3 is 2.52 bits per heavy atom. The molecular weight excluding hydrogens is 342 g/mol. The average molecular weight is 365 g/mol. The van der Waals surface area contributed by atoms with Crippen molar-refractivity contribution in [1.82, 2.24) is 5.32 Å². The van der Waals surface area contributed by atoms with Gasteiger partial charge in [0.15, 0.2) is 0 Å². The Bertz CT molecular complexity index is 959. The standard InChI is InChI=1S/C22H23NO4/c1-14-9-18-17(13-27-20(18)10-15(14)2)12-21(24)23-19(22(25)26-3)11-16-7-5-4-6-8-16/h4-10,13,19H,11-12H2,1-3H3,(H,23,24)/t19-/m1/s1. The van der Waals surface area contributed by atoms with E-state index in [2.05, 4.69) is 5.32 Å². The van der Waals surface area contributed by atoms with Gasteiger partial charge in [0, 0.05) is 17.4 Å². The zero-order valence-corrected chi connectivity index (χ0v) is 15.7. The molecule has 0 unspecified atom stereocenters. The van der Waals surface area contributed by atoms with E-state index in [1.165, 1.54) is 7.11 Å². The topological polar surface area (TPSA) is 68.5 Å². The number of ether oxygens (including phenoxy) is 1. The molecule has 1 atom stereocenters. The number of methoxy groups -OCH3 is 1. The minimum Gasteiger partial charge on any atom is -0.467 e. The van der Waals surface area contributed by atoms with Crippen LogP contribution in [0.15, 0.2) is 53.1 Å². The summed E-state index contributed by atoms with van der Waals surface area (Å²) in [4.78, 5) is 24.7. The maximum absolute atomic E-state index is 12.6. The lowest BCUT2D eigenvalue weighted by atomic mass is 10.0. The molecule has 0 aliphatic carbocycles. The molecule has 27 heavy (non-hydrogen) atoms. The third kappa shape index (κ3) is 4.37. The minimum absolute atomic E-state index is 0.137. The van der Waals surface area contributed by atoms with Gasteiger partial charge in [0.05, 0.1) is 19.8 Å². The molecular formula is C22H23NO4. The van der Waals surface area contributed by atoms with Crippen LogP contribution in [0.25, 0.3) is 11.0 Å². The maximum Gasteiger partial charge on any atom is 0.328 e. The predicted octanol–water partition coefficient (Wildman–Crippen LogP) is 3.49. The number of hydrogen-bond donors (Lipinski definition) is 1. The zero-order valence-electron chi connectivity index (χ0n) is 15.7. The Morgan fingerprint density at radius 2 is 1.81 bits per heavy atom. The summed E-state index contributed by atoms with van der Waals surface area (Å²) in [5.41, 5.74) is 4.79. The summed E-state index contributed by atoms with van der Waals surface area (Å²) in [6, 6.07) is 12.8. The van der Waals surface area contributed by atoms with Gasteiger partial charge in [0.25, 0.3) is 0 Å². The Hall–Kier alpha value is -3.08. The number of rotatable bonds is 6. The second kappa shape index (κ2) is 8.08. The molecule has 1 amide bonds. The molecule has 0 saturated carbocycles. The average Bonchev–Trinajstić information content (AvgIpc) is 3.03. The Kier molecular flexibility index (Phi) is 5.60. The summed E-state index contributed by atoms with van der Waals surface area (Å²) in [5.74, 6) is -0.710. The number of fused-ring (bicyclic) bond motifs is 1. The van der Waals surface area contributed by atoms with Gasteiger partial charge in [-0.25, -0.2) is 4.79 Å². The molecule has 2 aromatic carbocycles. The van der Waals surface area contributed by atoms with Crippen LogP contribution in [0.5, 0.6) is 0 Å². The Balaban J connectivity index is 1.74. The monoisotopic (exact) mass is 365 g/mol. The second-order valence-electron chi connectivity index (χ2n) is 6.70. The molecule has 0 aliphatic rings. The van der Waals surface area contributed by atoms with Gasteiger partial charge in [-0.1, -0.05) is 30.3 Å². The minimum atomic E-state index is -0.730. The molecule has 5 nitrogen and oxygen atoms in total. The van der Waals surface area contributed by atoms with Crippen LogP contribution in [0, 0.1) is 13.8 Å². The largest absolute Gasteiger partial charge is 0.467 e. The van der Waals surface area contributed by atoms with Crippen molar-refractivity contribution in [2.24, 2.45) is 0 Å². The van der Waals surface area contributed by atoms with E-state index in [4.69, 9.17) is 9.15 Å². The number of furan rings is 1. The first-order chi connectivity index (χ1) is 13.0. The highest BCUT2D eigenvalue weighted by molar-refractivity contribution is 5.90. The fraction of sp³-hybridized carbons (Fsp3) is 0.273. The predicted molar refractivity (Wildman–Crippen MR) is 103 cm³/mol. The normalized spacial score (nSPS) is 12.0. The van der Waals surface area contributed by atoms with Crippen LogP contribution in [0.4, 0.5) is 0 Å². The van der Waals surface area contributed by atoms with E-state index in [0.717, 1.165) is 33.2 Å². The van der Waals surface area contributed by atoms with Crippen molar-refractivity contribution < 1.29 is 18.7 Å². The summed E-state index contributed by atoms with van der Waals surface area (Å²) >= 11 is 0. The highest BCUT2D eigenvalue weighted by atomic mass is 16.5. The fourth-order valence-electron chi connectivity index (χ4n) is 3.08. The number of nitrogens with one attached hydrogen (secondary N) is 1. The molecule has 3 rings (SSSR count). The Labute approximate surface area is 158 Å². The van der Waals surface area contributed by atoms with E-state index < -0.39 is 12.0 Å². The fourth-order valence-corrected chi connectivity index (χ4v) is 3.08. The van der Waals surface area contributed by atoms with Crippen LogP contribution in [0.1, 0.15) is 22.3 Å². The first-order valence-corrected chi connectivity index (χ1v) is 8.86. The van der Waals surface area contributed by atoms with Crippen LogP contribution in [0.3, 0.4) is 0 Å². The summed E-state index contributed by atoms with van der Waals surface area (Å²) in [5, 5.41) is 3.71. The molecule has 1 N–H and O–H groups in total. The van der Waals surface area contributed by atoms with Gasteiger partial charge in [-0.3, -0.25) is 4.79 Å². The van der Waals surface area contributed by atoms with Gasteiger partial charge >= 0.3 is 5.97 Å². The van der Waals surface area contributed by atoms with Crippen LogP contribution in [-0.4, -0.2) is 25.0 Å².